The lowest BCUT2D eigenvalue weighted by Crippen LogP contribution is -2.19. The van der Waals surface area contributed by atoms with Gasteiger partial charge < -0.3 is 10.3 Å². The average molecular weight is 240 g/mol. The fourth-order valence-corrected chi connectivity index (χ4v) is 2.84. The minimum Gasteiger partial charge on any atom is -0.321 e. The first kappa shape index (κ1) is 11.9. The Balaban J connectivity index is 2.05. The molecule has 0 spiro atoms. The largest absolute Gasteiger partial charge is 0.321 e. The van der Waals surface area contributed by atoms with E-state index in [0.29, 0.717) is 6.04 Å². The zero-order chi connectivity index (χ0) is 11.4. The Labute approximate surface area is 101 Å². The molecule has 5 heteroatoms. The standard InChI is InChI=1S/C11H20N4S/c1-16-7-6-10(12)11-14-13-8-15(11)9-4-2-3-5-9/h8-10H,2-7,12H2,1H3. The maximum absolute atomic E-state index is 6.16. The quantitative estimate of drug-likeness (QED) is 0.856. The van der Waals surface area contributed by atoms with Crippen molar-refractivity contribution in [2.24, 2.45) is 5.73 Å². The van der Waals surface area contributed by atoms with E-state index < -0.39 is 0 Å². The van der Waals surface area contributed by atoms with E-state index in [9.17, 15) is 0 Å². The summed E-state index contributed by atoms with van der Waals surface area (Å²) >= 11 is 1.83. The third-order valence-corrected chi connectivity index (χ3v) is 3.93. The Morgan fingerprint density at radius 3 is 3.00 bits per heavy atom. The molecule has 0 aromatic carbocycles. The molecule has 0 radical (unpaired) electrons. The van der Waals surface area contributed by atoms with Gasteiger partial charge in [-0.2, -0.15) is 11.8 Å². The summed E-state index contributed by atoms with van der Waals surface area (Å²) in [6.07, 6.45) is 10.1. The van der Waals surface area contributed by atoms with Gasteiger partial charge in [-0.1, -0.05) is 12.8 Å². The molecule has 1 heterocycles. The normalized spacial score (nSPS) is 19.1. The Morgan fingerprint density at radius 2 is 2.31 bits per heavy atom. The highest BCUT2D eigenvalue weighted by atomic mass is 32.2. The molecule has 1 aromatic heterocycles. The summed E-state index contributed by atoms with van der Waals surface area (Å²) in [5.41, 5.74) is 6.16. The highest BCUT2D eigenvalue weighted by molar-refractivity contribution is 7.98. The Kier molecular flexibility index (Phi) is 4.23. The van der Waals surface area contributed by atoms with Crippen LogP contribution < -0.4 is 5.73 Å². The van der Waals surface area contributed by atoms with Crippen LogP contribution in [0.4, 0.5) is 0 Å². The van der Waals surface area contributed by atoms with Crippen LogP contribution in [0.5, 0.6) is 0 Å². The molecule has 1 aliphatic rings. The van der Waals surface area contributed by atoms with Crippen molar-refractivity contribution in [3.05, 3.63) is 12.2 Å². The minimum absolute atomic E-state index is 0.0375. The van der Waals surface area contributed by atoms with E-state index in [4.69, 9.17) is 5.73 Å². The van der Waals surface area contributed by atoms with Gasteiger partial charge in [-0.15, -0.1) is 10.2 Å². The van der Waals surface area contributed by atoms with Crippen molar-refractivity contribution in [2.45, 2.75) is 44.2 Å². The summed E-state index contributed by atoms with van der Waals surface area (Å²) in [7, 11) is 0. The van der Waals surface area contributed by atoms with E-state index in [1.165, 1.54) is 25.7 Å². The molecule has 1 aromatic rings. The molecule has 16 heavy (non-hydrogen) atoms. The molecule has 1 aliphatic carbocycles. The summed E-state index contributed by atoms with van der Waals surface area (Å²) < 4.78 is 2.21. The molecule has 1 atom stereocenters. The lowest BCUT2D eigenvalue weighted by atomic mass is 10.2. The van der Waals surface area contributed by atoms with Gasteiger partial charge in [0.1, 0.15) is 12.2 Å². The van der Waals surface area contributed by atoms with Crippen LogP contribution in [-0.4, -0.2) is 26.8 Å². The first-order valence-electron chi connectivity index (χ1n) is 5.97. The third kappa shape index (κ3) is 2.58. The number of aromatic nitrogens is 3. The van der Waals surface area contributed by atoms with Crippen molar-refractivity contribution < 1.29 is 0 Å². The molecule has 4 nitrogen and oxygen atoms in total. The van der Waals surface area contributed by atoms with Crippen LogP contribution in [0, 0.1) is 0 Å². The molecule has 1 saturated carbocycles. The van der Waals surface area contributed by atoms with Crippen LogP contribution in [0.3, 0.4) is 0 Å². The molecular formula is C11H20N4S. The summed E-state index contributed by atoms with van der Waals surface area (Å²) in [5.74, 6) is 2.06. The molecule has 1 fully saturated rings. The SMILES string of the molecule is CSCCC(N)c1nncn1C1CCCC1. The van der Waals surface area contributed by atoms with Crippen LogP contribution in [0.25, 0.3) is 0 Å². The van der Waals surface area contributed by atoms with Gasteiger partial charge in [0.05, 0.1) is 6.04 Å². The van der Waals surface area contributed by atoms with Crippen molar-refractivity contribution in [3.8, 4) is 0 Å². The molecule has 90 valence electrons. The number of nitrogens with zero attached hydrogens (tertiary/aromatic N) is 3. The van der Waals surface area contributed by atoms with Crippen molar-refractivity contribution >= 4 is 11.8 Å². The van der Waals surface area contributed by atoms with Gasteiger partial charge in [0.25, 0.3) is 0 Å². The van der Waals surface area contributed by atoms with Gasteiger partial charge >= 0.3 is 0 Å². The second-order valence-electron chi connectivity index (χ2n) is 4.42. The smallest absolute Gasteiger partial charge is 0.150 e. The minimum atomic E-state index is 0.0375. The highest BCUT2D eigenvalue weighted by Crippen LogP contribution is 2.31. The van der Waals surface area contributed by atoms with E-state index in [-0.39, 0.29) is 6.04 Å². The topological polar surface area (TPSA) is 56.7 Å². The second kappa shape index (κ2) is 5.68. The summed E-state index contributed by atoms with van der Waals surface area (Å²) in [6, 6.07) is 0.626. The van der Waals surface area contributed by atoms with E-state index in [1.807, 2.05) is 18.1 Å². The van der Waals surface area contributed by atoms with Crippen LogP contribution in [0.2, 0.25) is 0 Å². The lowest BCUT2D eigenvalue weighted by molar-refractivity contribution is 0.473. The van der Waals surface area contributed by atoms with Crippen LogP contribution >= 0.6 is 11.8 Å². The molecule has 0 saturated heterocycles. The summed E-state index contributed by atoms with van der Waals surface area (Å²) in [5, 5.41) is 8.21. The van der Waals surface area contributed by atoms with Gasteiger partial charge in [-0.25, -0.2) is 0 Å². The Hall–Kier alpha value is -0.550. The predicted molar refractivity (Wildman–Crippen MR) is 67.5 cm³/mol. The van der Waals surface area contributed by atoms with Gasteiger partial charge in [0, 0.05) is 6.04 Å². The van der Waals surface area contributed by atoms with Crippen LogP contribution in [0.15, 0.2) is 6.33 Å². The van der Waals surface area contributed by atoms with Crippen molar-refractivity contribution in [1.29, 1.82) is 0 Å². The van der Waals surface area contributed by atoms with Crippen molar-refractivity contribution in [3.63, 3.8) is 0 Å². The number of thioether (sulfide) groups is 1. The van der Waals surface area contributed by atoms with Crippen LogP contribution in [0.1, 0.15) is 50.0 Å². The lowest BCUT2D eigenvalue weighted by Gasteiger charge is -2.17. The van der Waals surface area contributed by atoms with Crippen LogP contribution in [-0.2, 0) is 0 Å². The number of hydrogen-bond donors (Lipinski definition) is 1. The first-order valence-corrected chi connectivity index (χ1v) is 7.36. The maximum Gasteiger partial charge on any atom is 0.150 e. The maximum atomic E-state index is 6.16. The Morgan fingerprint density at radius 1 is 1.56 bits per heavy atom. The third-order valence-electron chi connectivity index (χ3n) is 3.28. The second-order valence-corrected chi connectivity index (χ2v) is 5.41. The number of rotatable bonds is 5. The Bertz CT molecular complexity index is 320. The zero-order valence-corrected chi connectivity index (χ0v) is 10.6. The van der Waals surface area contributed by atoms with Gasteiger partial charge in [0.2, 0.25) is 0 Å². The summed E-state index contributed by atoms with van der Waals surface area (Å²) in [6.45, 7) is 0. The fourth-order valence-electron chi connectivity index (χ4n) is 2.35. The molecule has 0 aliphatic heterocycles. The predicted octanol–water partition coefficient (Wildman–Crippen LogP) is 2.15. The zero-order valence-electron chi connectivity index (χ0n) is 9.80. The van der Waals surface area contributed by atoms with Crippen molar-refractivity contribution in [1.82, 2.24) is 14.8 Å². The fraction of sp³-hybridized carbons (Fsp3) is 0.818. The number of nitrogens with two attached hydrogens (primary N) is 1. The van der Waals surface area contributed by atoms with E-state index in [2.05, 4.69) is 21.0 Å². The molecule has 0 amide bonds. The van der Waals surface area contributed by atoms with Gasteiger partial charge in [-0.05, 0) is 31.3 Å². The molecular weight excluding hydrogens is 220 g/mol. The molecule has 2 N–H and O–H groups in total. The van der Waals surface area contributed by atoms with Gasteiger partial charge in [-0.3, -0.25) is 0 Å². The first-order chi connectivity index (χ1) is 7.83. The molecule has 1 unspecified atom stereocenters. The summed E-state index contributed by atoms with van der Waals surface area (Å²) in [4.78, 5) is 0. The highest BCUT2D eigenvalue weighted by Gasteiger charge is 2.22. The molecule has 0 bridgehead atoms. The average Bonchev–Trinajstić information content (AvgIpc) is 2.94. The molecule has 2 rings (SSSR count). The van der Waals surface area contributed by atoms with E-state index in [0.717, 1.165) is 18.0 Å². The van der Waals surface area contributed by atoms with Crippen molar-refractivity contribution in [2.75, 3.05) is 12.0 Å². The van der Waals surface area contributed by atoms with Gasteiger partial charge in [0.15, 0.2) is 0 Å². The van der Waals surface area contributed by atoms with E-state index >= 15 is 0 Å². The monoisotopic (exact) mass is 240 g/mol. The number of hydrogen-bond acceptors (Lipinski definition) is 4. The van der Waals surface area contributed by atoms with E-state index in [1.54, 1.807) is 0 Å².